The quantitative estimate of drug-likeness (QED) is 0.759. The van der Waals surface area contributed by atoms with Gasteiger partial charge in [-0.25, -0.2) is 0 Å². The summed E-state index contributed by atoms with van der Waals surface area (Å²) in [6.07, 6.45) is 7.76. The van der Waals surface area contributed by atoms with Crippen LogP contribution in [-0.4, -0.2) is 17.5 Å². The molecule has 0 radical (unpaired) electrons. The molecule has 2 heteroatoms. The first-order chi connectivity index (χ1) is 7.94. The number of ketones is 1. The second-order valence-electron chi connectivity index (χ2n) is 6.14. The third kappa shape index (κ3) is 5.03. The van der Waals surface area contributed by atoms with Crippen molar-refractivity contribution < 1.29 is 9.90 Å². The van der Waals surface area contributed by atoms with Crippen LogP contribution in [0.2, 0.25) is 0 Å². The molecule has 0 aliphatic heterocycles. The van der Waals surface area contributed by atoms with Gasteiger partial charge in [0.1, 0.15) is 0 Å². The molecular weight excluding hydrogens is 212 g/mol. The topological polar surface area (TPSA) is 37.3 Å². The second kappa shape index (κ2) is 6.34. The third-order valence-corrected chi connectivity index (χ3v) is 3.98. The third-order valence-electron chi connectivity index (χ3n) is 3.98. The SMILES string of the molecule is C/C1=C\CCC(CO)CCC(C)(C)CCC1=O. The van der Waals surface area contributed by atoms with Crippen LogP contribution >= 0.6 is 0 Å². The van der Waals surface area contributed by atoms with Crippen molar-refractivity contribution >= 4 is 5.78 Å². The van der Waals surface area contributed by atoms with Crippen LogP contribution in [0, 0.1) is 11.3 Å². The monoisotopic (exact) mass is 238 g/mol. The molecular formula is C15H26O2. The molecule has 0 heterocycles. The van der Waals surface area contributed by atoms with E-state index in [2.05, 4.69) is 13.8 Å². The zero-order chi connectivity index (χ0) is 12.9. The fourth-order valence-electron chi connectivity index (χ4n) is 2.35. The van der Waals surface area contributed by atoms with Gasteiger partial charge in [-0.1, -0.05) is 19.9 Å². The number of hydrogen-bond donors (Lipinski definition) is 1. The summed E-state index contributed by atoms with van der Waals surface area (Å²) >= 11 is 0. The summed E-state index contributed by atoms with van der Waals surface area (Å²) in [5, 5.41) is 9.34. The number of Topliss-reactive ketones (excluding diaryl/α,β-unsaturated/α-hetero) is 1. The normalized spacial score (nSPS) is 30.2. The van der Waals surface area contributed by atoms with Crippen LogP contribution in [0.15, 0.2) is 11.6 Å². The van der Waals surface area contributed by atoms with Gasteiger partial charge in [0.05, 0.1) is 0 Å². The Morgan fingerprint density at radius 2 is 2.06 bits per heavy atom. The number of rotatable bonds is 1. The Bertz CT molecular complexity index is 289. The van der Waals surface area contributed by atoms with Crippen LogP contribution in [-0.2, 0) is 4.79 Å². The molecule has 0 bridgehead atoms. The van der Waals surface area contributed by atoms with Crippen LogP contribution in [0.3, 0.4) is 0 Å². The van der Waals surface area contributed by atoms with Gasteiger partial charge >= 0.3 is 0 Å². The maximum Gasteiger partial charge on any atom is 0.158 e. The molecule has 0 saturated carbocycles. The van der Waals surface area contributed by atoms with E-state index in [9.17, 15) is 9.90 Å². The summed E-state index contributed by atoms with van der Waals surface area (Å²) in [6.45, 7) is 6.65. The maximum atomic E-state index is 11.9. The van der Waals surface area contributed by atoms with Crippen molar-refractivity contribution in [3.63, 3.8) is 0 Å². The fraction of sp³-hybridized carbons (Fsp3) is 0.800. The highest BCUT2D eigenvalue weighted by atomic mass is 16.3. The van der Waals surface area contributed by atoms with E-state index in [1.807, 2.05) is 13.0 Å². The predicted molar refractivity (Wildman–Crippen MR) is 70.8 cm³/mol. The number of hydrogen-bond acceptors (Lipinski definition) is 2. The molecule has 1 rings (SSSR count). The van der Waals surface area contributed by atoms with Crippen molar-refractivity contribution in [1.29, 1.82) is 0 Å². The van der Waals surface area contributed by atoms with Crippen LogP contribution in [0.5, 0.6) is 0 Å². The Morgan fingerprint density at radius 1 is 1.35 bits per heavy atom. The molecule has 2 nitrogen and oxygen atoms in total. The molecule has 0 amide bonds. The van der Waals surface area contributed by atoms with E-state index in [0.29, 0.717) is 18.1 Å². The lowest BCUT2D eigenvalue weighted by Gasteiger charge is -2.26. The minimum Gasteiger partial charge on any atom is -0.396 e. The predicted octanol–water partition coefficient (Wildman–Crippen LogP) is 3.49. The molecule has 0 fully saturated rings. The number of aliphatic hydroxyl groups is 1. The highest BCUT2D eigenvalue weighted by Crippen LogP contribution is 2.32. The number of aliphatic hydroxyl groups excluding tert-OH is 1. The molecule has 1 N–H and O–H groups in total. The van der Waals surface area contributed by atoms with Crippen LogP contribution < -0.4 is 0 Å². The van der Waals surface area contributed by atoms with Gasteiger partial charge in [0.2, 0.25) is 0 Å². The Kier molecular flexibility index (Phi) is 5.38. The Hall–Kier alpha value is -0.630. The van der Waals surface area contributed by atoms with Crippen molar-refractivity contribution in [3.8, 4) is 0 Å². The van der Waals surface area contributed by atoms with Crippen LogP contribution in [0.25, 0.3) is 0 Å². The molecule has 1 unspecified atom stereocenters. The van der Waals surface area contributed by atoms with Crippen LogP contribution in [0.1, 0.15) is 59.3 Å². The number of carbonyl (C=O) groups excluding carboxylic acids is 1. The van der Waals surface area contributed by atoms with Gasteiger partial charge in [0.15, 0.2) is 5.78 Å². The van der Waals surface area contributed by atoms with Gasteiger partial charge in [-0.05, 0) is 55.9 Å². The standard InChI is InChI=1S/C15H26O2/c1-12-5-4-6-13(11-16)7-9-15(2,3)10-8-14(12)17/h5,13,16H,4,6-11H2,1-3H3/b12-5+. The molecule has 1 aliphatic rings. The molecule has 1 atom stereocenters. The van der Waals surface area contributed by atoms with Crippen molar-refractivity contribution in [1.82, 2.24) is 0 Å². The van der Waals surface area contributed by atoms with Gasteiger partial charge in [-0.3, -0.25) is 4.79 Å². The zero-order valence-corrected chi connectivity index (χ0v) is 11.5. The Balaban J connectivity index is 2.73. The average molecular weight is 238 g/mol. The Labute approximate surface area is 105 Å². The van der Waals surface area contributed by atoms with E-state index < -0.39 is 0 Å². The number of carbonyl (C=O) groups is 1. The Morgan fingerprint density at radius 3 is 2.71 bits per heavy atom. The summed E-state index contributed by atoms with van der Waals surface area (Å²) in [5.41, 5.74) is 1.12. The smallest absolute Gasteiger partial charge is 0.158 e. The summed E-state index contributed by atoms with van der Waals surface area (Å²) in [7, 11) is 0. The lowest BCUT2D eigenvalue weighted by molar-refractivity contribution is -0.116. The van der Waals surface area contributed by atoms with Crippen LogP contribution in [0.4, 0.5) is 0 Å². The highest BCUT2D eigenvalue weighted by molar-refractivity contribution is 5.94. The average Bonchev–Trinajstić information content (AvgIpc) is 2.31. The van der Waals surface area contributed by atoms with E-state index in [1.165, 1.54) is 0 Å². The van der Waals surface area contributed by atoms with E-state index in [1.54, 1.807) is 0 Å². The molecule has 1 aliphatic carbocycles. The fourth-order valence-corrected chi connectivity index (χ4v) is 2.35. The summed E-state index contributed by atoms with van der Waals surface area (Å²) in [6, 6.07) is 0. The first-order valence-electron chi connectivity index (χ1n) is 6.75. The van der Waals surface area contributed by atoms with Gasteiger partial charge in [0, 0.05) is 13.0 Å². The molecule has 17 heavy (non-hydrogen) atoms. The first-order valence-corrected chi connectivity index (χ1v) is 6.75. The van der Waals surface area contributed by atoms with Crippen molar-refractivity contribution in [3.05, 3.63) is 11.6 Å². The minimum atomic E-state index is 0.216. The zero-order valence-electron chi connectivity index (χ0n) is 11.5. The van der Waals surface area contributed by atoms with Gasteiger partial charge < -0.3 is 5.11 Å². The van der Waals surface area contributed by atoms with Gasteiger partial charge in [0.25, 0.3) is 0 Å². The van der Waals surface area contributed by atoms with E-state index in [0.717, 1.165) is 37.7 Å². The maximum absolute atomic E-state index is 11.9. The van der Waals surface area contributed by atoms with Gasteiger partial charge in [-0.15, -0.1) is 0 Å². The summed E-state index contributed by atoms with van der Waals surface area (Å²) in [5.74, 6) is 0.687. The van der Waals surface area contributed by atoms with Crippen molar-refractivity contribution in [2.75, 3.05) is 6.61 Å². The highest BCUT2D eigenvalue weighted by Gasteiger charge is 2.22. The minimum absolute atomic E-state index is 0.216. The number of allylic oxidation sites excluding steroid dienone is 2. The first kappa shape index (κ1) is 14.4. The lowest BCUT2D eigenvalue weighted by atomic mass is 9.80. The van der Waals surface area contributed by atoms with Crippen molar-refractivity contribution in [2.45, 2.75) is 59.3 Å². The molecule has 0 aromatic heterocycles. The van der Waals surface area contributed by atoms with E-state index >= 15 is 0 Å². The van der Waals surface area contributed by atoms with Gasteiger partial charge in [-0.2, -0.15) is 0 Å². The molecule has 0 spiro atoms. The molecule has 0 aromatic carbocycles. The van der Waals surface area contributed by atoms with E-state index in [-0.39, 0.29) is 12.0 Å². The molecule has 0 saturated heterocycles. The van der Waals surface area contributed by atoms with E-state index in [4.69, 9.17) is 0 Å². The summed E-state index contributed by atoms with van der Waals surface area (Å²) < 4.78 is 0. The largest absolute Gasteiger partial charge is 0.396 e. The second-order valence-corrected chi connectivity index (χ2v) is 6.14. The molecule has 0 aromatic rings. The van der Waals surface area contributed by atoms with Crippen molar-refractivity contribution in [2.24, 2.45) is 11.3 Å². The lowest BCUT2D eigenvalue weighted by Crippen LogP contribution is -2.16. The summed E-state index contributed by atoms with van der Waals surface area (Å²) in [4.78, 5) is 11.9. The molecule has 98 valence electrons.